The van der Waals surface area contributed by atoms with Crippen molar-refractivity contribution in [1.29, 1.82) is 0 Å². The first-order chi connectivity index (χ1) is 13.4. The molecule has 1 saturated heterocycles. The third-order valence-corrected chi connectivity index (χ3v) is 6.54. The van der Waals surface area contributed by atoms with E-state index in [-0.39, 0.29) is 23.3 Å². The number of nitro benzene ring substituents is 1. The summed E-state index contributed by atoms with van der Waals surface area (Å²) in [7, 11) is 0. The van der Waals surface area contributed by atoms with Crippen LogP contribution in [0, 0.1) is 10.1 Å². The summed E-state index contributed by atoms with van der Waals surface area (Å²) in [4.78, 5) is 39.2. The molecule has 1 fully saturated rings. The summed E-state index contributed by atoms with van der Waals surface area (Å²) >= 11 is 2.65. The minimum absolute atomic E-state index is 0.00381. The minimum Gasteiger partial charge on any atom is -0.476 e. The molecule has 148 valence electrons. The van der Waals surface area contributed by atoms with Crippen LogP contribution in [0.3, 0.4) is 0 Å². The molecule has 0 radical (unpaired) electrons. The van der Waals surface area contributed by atoms with Crippen molar-refractivity contribution >= 4 is 40.7 Å². The van der Waals surface area contributed by atoms with Gasteiger partial charge in [0.1, 0.15) is 0 Å². The van der Waals surface area contributed by atoms with Gasteiger partial charge in [0.05, 0.1) is 17.0 Å². The van der Waals surface area contributed by atoms with Gasteiger partial charge in [0, 0.05) is 36.2 Å². The van der Waals surface area contributed by atoms with Gasteiger partial charge < -0.3 is 15.7 Å². The van der Waals surface area contributed by atoms with Crippen molar-refractivity contribution in [1.82, 2.24) is 9.88 Å². The van der Waals surface area contributed by atoms with Gasteiger partial charge in [-0.1, -0.05) is 23.9 Å². The van der Waals surface area contributed by atoms with Crippen LogP contribution in [-0.4, -0.2) is 50.1 Å². The number of nitro groups is 1. The number of hydrogen-bond donors (Lipinski definition) is 2. The number of rotatable bonds is 8. The maximum Gasteiger partial charge on any atom is 0.355 e. The molecule has 2 aromatic rings. The van der Waals surface area contributed by atoms with E-state index in [9.17, 15) is 19.7 Å². The first-order valence-electron chi connectivity index (χ1n) is 8.48. The predicted octanol–water partition coefficient (Wildman–Crippen LogP) is 2.53. The van der Waals surface area contributed by atoms with E-state index < -0.39 is 16.9 Å². The van der Waals surface area contributed by atoms with E-state index in [2.05, 4.69) is 4.98 Å². The number of non-ortho nitro benzene ring substituents is 1. The molecule has 2 heterocycles. The zero-order valence-electron chi connectivity index (χ0n) is 14.7. The van der Waals surface area contributed by atoms with E-state index in [0.717, 1.165) is 5.56 Å². The van der Waals surface area contributed by atoms with Crippen LogP contribution >= 0.6 is 23.1 Å². The number of carbonyl (C=O) groups excluding carboxylic acids is 1. The zero-order chi connectivity index (χ0) is 20.3. The van der Waals surface area contributed by atoms with Crippen LogP contribution in [0.1, 0.15) is 34.9 Å². The second kappa shape index (κ2) is 8.67. The lowest BCUT2D eigenvalue weighted by Crippen LogP contribution is -2.41. The molecule has 3 rings (SSSR count). The van der Waals surface area contributed by atoms with E-state index in [1.54, 1.807) is 17.0 Å². The van der Waals surface area contributed by atoms with Crippen molar-refractivity contribution in [2.45, 2.75) is 29.3 Å². The van der Waals surface area contributed by atoms with Crippen LogP contribution < -0.4 is 5.73 Å². The van der Waals surface area contributed by atoms with Crippen LogP contribution in [-0.2, 0) is 4.79 Å². The molecule has 1 aromatic heterocycles. The Morgan fingerprint density at radius 1 is 1.46 bits per heavy atom. The number of aromatic nitrogens is 1. The van der Waals surface area contributed by atoms with Crippen LogP contribution in [0.15, 0.2) is 34.0 Å². The Bertz CT molecular complexity index is 886. The molecule has 0 saturated carbocycles. The summed E-state index contributed by atoms with van der Waals surface area (Å²) in [5.41, 5.74) is 7.11. The van der Waals surface area contributed by atoms with Gasteiger partial charge in [-0.3, -0.25) is 14.9 Å². The smallest absolute Gasteiger partial charge is 0.355 e. The fraction of sp³-hybridized carbons (Fsp3) is 0.353. The van der Waals surface area contributed by atoms with E-state index in [1.165, 1.54) is 40.6 Å². The monoisotopic (exact) mass is 422 g/mol. The summed E-state index contributed by atoms with van der Waals surface area (Å²) in [6.07, 6.45) is 1.04. The Balaban J connectivity index is 1.61. The van der Waals surface area contributed by atoms with Crippen LogP contribution in [0.4, 0.5) is 5.69 Å². The molecule has 0 bridgehead atoms. The summed E-state index contributed by atoms with van der Waals surface area (Å²) in [5.74, 6) is -0.470. The van der Waals surface area contributed by atoms with Gasteiger partial charge in [0.25, 0.3) is 5.69 Å². The van der Waals surface area contributed by atoms with Crippen molar-refractivity contribution < 1.29 is 19.6 Å². The van der Waals surface area contributed by atoms with Gasteiger partial charge in [-0.15, -0.1) is 11.3 Å². The fourth-order valence-electron chi connectivity index (χ4n) is 3.11. The van der Waals surface area contributed by atoms with E-state index in [4.69, 9.17) is 10.8 Å². The molecule has 1 aliphatic heterocycles. The summed E-state index contributed by atoms with van der Waals surface area (Å²) in [5, 5.41) is 21.2. The molecule has 1 unspecified atom stereocenters. The first-order valence-corrected chi connectivity index (χ1v) is 10.3. The molecule has 1 aliphatic rings. The fourth-order valence-corrected chi connectivity index (χ4v) is 4.92. The van der Waals surface area contributed by atoms with E-state index >= 15 is 0 Å². The second-order valence-corrected chi connectivity index (χ2v) is 8.42. The standard InChI is InChI=1S/C17H18N4O5S2/c18-15(10-1-3-11(4-2-10)21(25)26)13-5-6-14(22)20(13)7-8-27-17-19-12(9-28-17)16(23)24/h1-4,9,13,15H,5-8,18H2,(H,23,24)/t13-,15?/m1/s1. The predicted molar refractivity (Wildman–Crippen MR) is 105 cm³/mol. The molecular weight excluding hydrogens is 404 g/mol. The highest BCUT2D eigenvalue weighted by Gasteiger charge is 2.35. The number of aromatic carboxylic acids is 1. The maximum absolute atomic E-state index is 12.3. The Kier molecular flexibility index (Phi) is 6.27. The largest absolute Gasteiger partial charge is 0.476 e. The number of carbonyl (C=O) groups is 2. The van der Waals surface area contributed by atoms with Crippen molar-refractivity contribution in [2.75, 3.05) is 12.3 Å². The van der Waals surface area contributed by atoms with Crippen molar-refractivity contribution in [3.8, 4) is 0 Å². The second-order valence-electron chi connectivity index (χ2n) is 6.22. The third kappa shape index (κ3) is 4.49. The average molecular weight is 422 g/mol. The van der Waals surface area contributed by atoms with Crippen molar-refractivity contribution in [3.05, 3.63) is 51.0 Å². The molecular formula is C17H18N4O5S2. The Morgan fingerprint density at radius 3 is 2.79 bits per heavy atom. The number of nitrogens with zero attached hydrogens (tertiary/aromatic N) is 3. The molecule has 3 N–H and O–H groups in total. The van der Waals surface area contributed by atoms with Crippen LogP contribution in [0.25, 0.3) is 0 Å². The normalized spacial score (nSPS) is 17.7. The lowest BCUT2D eigenvalue weighted by atomic mass is 9.98. The van der Waals surface area contributed by atoms with Crippen LogP contribution in [0.5, 0.6) is 0 Å². The maximum atomic E-state index is 12.3. The first kappa shape index (κ1) is 20.2. The number of likely N-dealkylation sites (tertiary alicyclic amines) is 1. The number of benzene rings is 1. The van der Waals surface area contributed by atoms with Crippen LogP contribution in [0.2, 0.25) is 0 Å². The summed E-state index contributed by atoms with van der Waals surface area (Å²) < 4.78 is 0.639. The molecule has 1 aromatic carbocycles. The van der Waals surface area contributed by atoms with Gasteiger partial charge in [-0.05, 0) is 12.0 Å². The van der Waals surface area contributed by atoms with Gasteiger partial charge >= 0.3 is 5.97 Å². The number of carboxylic acids is 1. The highest BCUT2D eigenvalue weighted by atomic mass is 32.2. The SMILES string of the molecule is NC(c1ccc([N+](=O)[O-])cc1)[C@H]1CCC(=O)N1CCSc1nc(C(=O)O)cs1. The minimum atomic E-state index is -1.06. The average Bonchev–Trinajstić information content (AvgIpc) is 3.29. The number of thioether (sulfide) groups is 1. The molecule has 0 spiro atoms. The van der Waals surface area contributed by atoms with Gasteiger partial charge in [-0.2, -0.15) is 0 Å². The molecule has 9 nitrogen and oxygen atoms in total. The lowest BCUT2D eigenvalue weighted by Gasteiger charge is -2.29. The number of nitrogens with two attached hydrogens (primary N) is 1. The zero-order valence-corrected chi connectivity index (χ0v) is 16.3. The Morgan fingerprint density at radius 2 is 2.18 bits per heavy atom. The number of hydrogen-bond acceptors (Lipinski definition) is 8. The number of thiazole rings is 1. The lowest BCUT2D eigenvalue weighted by molar-refractivity contribution is -0.384. The van der Waals surface area contributed by atoms with E-state index in [1.807, 2.05) is 0 Å². The number of carboxylic acid groups (broad SMARTS) is 1. The summed E-state index contributed by atoms with van der Waals surface area (Å²) in [6, 6.07) is 5.46. The highest BCUT2D eigenvalue weighted by molar-refractivity contribution is 8.01. The Labute approximate surface area is 168 Å². The highest BCUT2D eigenvalue weighted by Crippen LogP contribution is 2.30. The summed E-state index contributed by atoms with van der Waals surface area (Å²) in [6.45, 7) is 0.469. The van der Waals surface area contributed by atoms with Gasteiger partial charge in [0.15, 0.2) is 10.0 Å². The molecule has 1 amide bonds. The van der Waals surface area contributed by atoms with Gasteiger partial charge in [-0.25, -0.2) is 9.78 Å². The third-order valence-electron chi connectivity index (χ3n) is 4.54. The molecule has 2 atom stereocenters. The molecule has 11 heteroatoms. The van der Waals surface area contributed by atoms with Gasteiger partial charge in [0.2, 0.25) is 5.91 Å². The van der Waals surface area contributed by atoms with Crippen molar-refractivity contribution in [2.24, 2.45) is 5.73 Å². The van der Waals surface area contributed by atoms with E-state index in [0.29, 0.717) is 29.5 Å². The number of amides is 1. The van der Waals surface area contributed by atoms with Crippen molar-refractivity contribution in [3.63, 3.8) is 0 Å². The molecule has 28 heavy (non-hydrogen) atoms. The quantitative estimate of drug-likeness (QED) is 0.376. The topological polar surface area (TPSA) is 140 Å². The Hall–Kier alpha value is -2.50. The molecule has 0 aliphatic carbocycles.